The van der Waals surface area contributed by atoms with Gasteiger partial charge in [0.15, 0.2) is 0 Å². The van der Waals surface area contributed by atoms with E-state index in [2.05, 4.69) is 15.7 Å². The molecule has 1 fully saturated rings. The number of carbonyl (C=O) groups is 1. The van der Waals surface area contributed by atoms with Crippen LogP contribution in [-0.4, -0.2) is 27.8 Å². The number of hydrogen-bond donors (Lipinski definition) is 2. The Labute approximate surface area is 163 Å². The molecule has 29 heavy (non-hydrogen) atoms. The van der Waals surface area contributed by atoms with Crippen LogP contribution in [0.25, 0.3) is 0 Å². The summed E-state index contributed by atoms with van der Waals surface area (Å²) in [7, 11) is 1.17. The molecule has 0 bridgehead atoms. The Kier molecular flexibility index (Phi) is 5.90. The van der Waals surface area contributed by atoms with Crippen LogP contribution in [0.4, 0.5) is 23.4 Å². The third kappa shape index (κ3) is 5.12. The summed E-state index contributed by atoms with van der Waals surface area (Å²) in [5.41, 5.74) is -2.10. The van der Waals surface area contributed by atoms with Crippen LogP contribution in [0.2, 0.25) is 0 Å². The van der Waals surface area contributed by atoms with E-state index in [1.54, 1.807) is 0 Å². The molecule has 1 amide bonds. The van der Waals surface area contributed by atoms with Crippen molar-refractivity contribution in [3.63, 3.8) is 0 Å². The average Bonchev–Trinajstić information content (AvgIpc) is 2.65. The molecule has 0 spiro atoms. The fourth-order valence-corrected chi connectivity index (χ4v) is 3.34. The summed E-state index contributed by atoms with van der Waals surface area (Å²) in [5.74, 6) is -0.733. The van der Waals surface area contributed by atoms with E-state index in [0.29, 0.717) is 35.9 Å². The van der Waals surface area contributed by atoms with E-state index < -0.39 is 23.1 Å². The van der Waals surface area contributed by atoms with Gasteiger partial charge in [-0.3, -0.25) is 9.59 Å². The van der Waals surface area contributed by atoms with Crippen molar-refractivity contribution in [1.82, 2.24) is 15.1 Å². The van der Waals surface area contributed by atoms with Crippen molar-refractivity contribution in [2.75, 3.05) is 5.32 Å². The first-order valence-electron chi connectivity index (χ1n) is 9.12. The Morgan fingerprint density at radius 1 is 1.10 bits per heavy atom. The van der Waals surface area contributed by atoms with Crippen LogP contribution in [0.5, 0.6) is 0 Å². The van der Waals surface area contributed by atoms with Crippen molar-refractivity contribution in [3.8, 4) is 0 Å². The van der Waals surface area contributed by atoms with Gasteiger partial charge in [0, 0.05) is 30.8 Å². The number of benzene rings is 1. The number of aromatic nitrogens is 2. The summed E-state index contributed by atoms with van der Waals surface area (Å²) in [6.07, 6.45) is -2.28. The summed E-state index contributed by atoms with van der Waals surface area (Å²) >= 11 is 0. The molecule has 1 aliphatic rings. The third-order valence-corrected chi connectivity index (χ3v) is 4.89. The van der Waals surface area contributed by atoms with E-state index >= 15 is 0 Å². The minimum atomic E-state index is -4.75. The maximum atomic E-state index is 13.0. The minimum Gasteiger partial charge on any atom is -0.366 e. The van der Waals surface area contributed by atoms with E-state index in [4.69, 9.17) is 0 Å². The fourth-order valence-electron chi connectivity index (χ4n) is 3.34. The second kappa shape index (κ2) is 8.22. The lowest BCUT2D eigenvalue weighted by Crippen LogP contribution is -2.40. The topological polar surface area (TPSA) is 76.0 Å². The number of amides is 1. The van der Waals surface area contributed by atoms with Crippen LogP contribution in [0, 0.1) is 5.82 Å². The number of nitrogens with zero attached hydrogens (tertiary/aromatic N) is 2. The van der Waals surface area contributed by atoms with Crippen LogP contribution in [-0.2, 0) is 13.2 Å². The molecule has 2 N–H and O–H groups in total. The molecule has 0 aliphatic heterocycles. The van der Waals surface area contributed by atoms with Crippen molar-refractivity contribution in [1.29, 1.82) is 0 Å². The SMILES string of the molecule is Cn1nc(NC2CCC(NC(=O)c3ccc(F)cc3)CC2)cc(C(F)(F)F)c1=O. The lowest BCUT2D eigenvalue weighted by molar-refractivity contribution is -0.139. The normalized spacial score (nSPS) is 19.6. The highest BCUT2D eigenvalue weighted by atomic mass is 19.4. The van der Waals surface area contributed by atoms with Crippen LogP contribution < -0.4 is 16.2 Å². The van der Waals surface area contributed by atoms with Crippen molar-refractivity contribution < 1.29 is 22.4 Å². The Morgan fingerprint density at radius 3 is 2.28 bits per heavy atom. The Balaban J connectivity index is 1.57. The maximum absolute atomic E-state index is 13.0. The fraction of sp³-hybridized carbons (Fsp3) is 0.421. The highest BCUT2D eigenvalue weighted by Gasteiger charge is 2.35. The standard InChI is InChI=1S/C19H20F4N4O2/c1-27-18(29)15(19(21,22)23)10-16(26-27)24-13-6-8-14(9-7-13)25-17(28)11-2-4-12(20)5-3-11/h2-5,10,13-14H,6-9H2,1H3,(H,24,26)(H,25,28). The van der Waals surface area contributed by atoms with Gasteiger partial charge in [0.05, 0.1) is 0 Å². The Morgan fingerprint density at radius 2 is 1.69 bits per heavy atom. The summed E-state index contributed by atoms with van der Waals surface area (Å²) in [6.45, 7) is 0. The van der Waals surface area contributed by atoms with E-state index in [-0.39, 0.29) is 23.8 Å². The summed E-state index contributed by atoms with van der Waals surface area (Å²) < 4.78 is 52.6. The van der Waals surface area contributed by atoms with Gasteiger partial charge in [0.1, 0.15) is 17.2 Å². The highest BCUT2D eigenvalue weighted by molar-refractivity contribution is 5.94. The molecule has 0 unspecified atom stereocenters. The molecule has 2 aromatic rings. The highest BCUT2D eigenvalue weighted by Crippen LogP contribution is 2.28. The molecule has 0 saturated heterocycles. The van der Waals surface area contributed by atoms with Crippen LogP contribution >= 0.6 is 0 Å². The molecule has 0 atom stereocenters. The monoisotopic (exact) mass is 412 g/mol. The molecule has 6 nitrogen and oxygen atoms in total. The van der Waals surface area contributed by atoms with Crippen LogP contribution in [0.3, 0.4) is 0 Å². The number of rotatable bonds is 4. The molecular weight excluding hydrogens is 392 g/mol. The van der Waals surface area contributed by atoms with Crippen molar-refractivity contribution in [2.45, 2.75) is 43.9 Å². The number of carbonyl (C=O) groups excluding carboxylic acids is 1. The second-order valence-electron chi connectivity index (χ2n) is 7.04. The van der Waals surface area contributed by atoms with Gasteiger partial charge in [0.25, 0.3) is 11.5 Å². The summed E-state index contributed by atoms with van der Waals surface area (Å²) in [4.78, 5) is 23.8. The first-order valence-corrected chi connectivity index (χ1v) is 9.12. The minimum absolute atomic E-state index is 0.0155. The molecule has 1 aliphatic carbocycles. The molecule has 0 radical (unpaired) electrons. The first kappa shape index (κ1) is 20.8. The predicted octanol–water partition coefficient (Wildman–Crippen LogP) is 3.09. The zero-order valence-corrected chi connectivity index (χ0v) is 15.6. The molecule has 156 valence electrons. The summed E-state index contributed by atoms with van der Waals surface area (Å²) in [6, 6.07) is 5.76. The number of halogens is 4. The molecule has 3 rings (SSSR count). The smallest absolute Gasteiger partial charge is 0.366 e. The van der Waals surface area contributed by atoms with Gasteiger partial charge in [-0.05, 0) is 49.9 Å². The van der Waals surface area contributed by atoms with Gasteiger partial charge >= 0.3 is 6.18 Å². The quantitative estimate of drug-likeness (QED) is 0.757. The van der Waals surface area contributed by atoms with E-state index in [0.717, 1.165) is 6.07 Å². The van der Waals surface area contributed by atoms with Crippen molar-refractivity contribution in [3.05, 3.63) is 57.6 Å². The number of aryl methyl sites for hydroxylation is 1. The van der Waals surface area contributed by atoms with Gasteiger partial charge in [-0.2, -0.15) is 18.3 Å². The molecule has 1 aromatic heterocycles. The number of anilines is 1. The maximum Gasteiger partial charge on any atom is 0.421 e. The Bertz CT molecular complexity index is 933. The zero-order valence-electron chi connectivity index (χ0n) is 15.6. The van der Waals surface area contributed by atoms with E-state index in [1.165, 1.54) is 31.3 Å². The number of hydrogen-bond acceptors (Lipinski definition) is 4. The second-order valence-corrected chi connectivity index (χ2v) is 7.04. The number of nitrogens with one attached hydrogen (secondary N) is 2. The van der Waals surface area contributed by atoms with Gasteiger partial charge in [-0.1, -0.05) is 0 Å². The molecule has 1 heterocycles. The van der Waals surface area contributed by atoms with Gasteiger partial charge in [-0.25, -0.2) is 9.07 Å². The van der Waals surface area contributed by atoms with E-state index in [1.807, 2.05) is 0 Å². The van der Waals surface area contributed by atoms with Crippen molar-refractivity contribution in [2.24, 2.45) is 7.05 Å². The third-order valence-electron chi connectivity index (χ3n) is 4.89. The van der Waals surface area contributed by atoms with Crippen molar-refractivity contribution >= 4 is 11.7 Å². The molecule has 1 aromatic carbocycles. The molecular formula is C19H20F4N4O2. The van der Waals surface area contributed by atoms with Crippen LogP contribution in [0.1, 0.15) is 41.6 Å². The largest absolute Gasteiger partial charge is 0.421 e. The lowest BCUT2D eigenvalue weighted by Gasteiger charge is -2.30. The predicted molar refractivity (Wildman–Crippen MR) is 98.0 cm³/mol. The summed E-state index contributed by atoms with van der Waals surface area (Å²) in [5, 5.41) is 9.68. The van der Waals surface area contributed by atoms with Gasteiger partial charge in [0.2, 0.25) is 0 Å². The zero-order chi connectivity index (χ0) is 21.2. The molecule has 10 heteroatoms. The Hall–Kier alpha value is -2.91. The molecule has 1 saturated carbocycles. The number of alkyl halides is 3. The first-order chi connectivity index (χ1) is 13.6. The lowest BCUT2D eigenvalue weighted by atomic mass is 9.91. The average molecular weight is 412 g/mol. The van der Waals surface area contributed by atoms with E-state index in [9.17, 15) is 27.2 Å². The van der Waals surface area contributed by atoms with Gasteiger partial charge in [-0.15, -0.1) is 0 Å². The van der Waals surface area contributed by atoms with Gasteiger partial charge < -0.3 is 10.6 Å². The van der Waals surface area contributed by atoms with Crippen LogP contribution in [0.15, 0.2) is 35.1 Å².